The molecule has 1 aliphatic rings. The molecule has 1 aliphatic heterocycles. The van der Waals surface area contributed by atoms with Crippen molar-refractivity contribution in [3.05, 3.63) is 24.3 Å². The lowest BCUT2D eigenvalue weighted by atomic mass is 10.3. The first kappa shape index (κ1) is 19.5. The first-order valence-corrected chi connectivity index (χ1v) is 7.77. The smallest absolute Gasteiger partial charge is 0.405 e. The van der Waals surface area contributed by atoms with E-state index in [1.807, 2.05) is 0 Å². The molecule has 26 heavy (non-hydrogen) atoms. The van der Waals surface area contributed by atoms with Crippen molar-refractivity contribution in [2.24, 2.45) is 0 Å². The topological polar surface area (TPSA) is 84.9 Å². The maximum absolute atomic E-state index is 11.9. The van der Waals surface area contributed by atoms with Crippen LogP contribution in [-0.4, -0.2) is 50.3 Å². The maximum Gasteiger partial charge on any atom is 0.405 e. The van der Waals surface area contributed by atoms with Crippen LogP contribution in [0.4, 0.5) is 18.9 Å². The summed E-state index contributed by atoms with van der Waals surface area (Å²) in [6, 6.07) is 6.50. The molecule has 0 radical (unpaired) electrons. The molecule has 1 aromatic carbocycles. The SMILES string of the molecule is O=C(COC(=O)COc1ccc(N2CCCC2=O)cc1)NCC(F)(F)F. The largest absolute Gasteiger partial charge is 0.482 e. The summed E-state index contributed by atoms with van der Waals surface area (Å²) in [6.07, 6.45) is -3.21. The third-order valence-corrected chi connectivity index (χ3v) is 3.43. The Kier molecular flexibility index (Phi) is 6.42. The fraction of sp³-hybridized carbons (Fsp3) is 0.438. The molecule has 0 atom stereocenters. The molecule has 0 spiro atoms. The second-order valence-electron chi connectivity index (χ2n) is 5.48. The Bertz CT molecular complexity index is 661. The van der Waals surface area contributed by atoms with Crippen molar-refractivity contribution >= 4 is 23.5 Å². The van der Waals surface area contributed by atoms with Gasteiger partial charge in [-0.2, -0.15) is 13.2 Å². The van der Waals surface area contributed by atoms with Crippen LogP contribution < -0.4 is 15.0 Å². The molecule has 1 N–H and O–H groups in total. The predicted molar refractivity (Wildman–Crippen MR) is 83.5 cm³/mol. The first-order chi connectivity index (χ1) is 12.2. The highest BCUT2D eigenvalue weighted by Crippen LogP contribution is 2.23. The van der Waals surface area contributed by atoms with E-state index >= 15 is 0 Å². The average Bonchev–Trinajstić information content (AvgIpc) is 3.02. The van der Waals surface area contributed by atoms with Crippen LogP contribution in [0.15, 0.2) is 24.3 Å². The van der Waals surface area contributed by atoms with Gasteiger partial charge in [0.25, 0.3) is 5.91 Å². The molecule has 2 rings (SSSR count). The molecule has 0 unspecified atom stereocenters. The van der Waals surface area contributed by atoms with E-state index in [-0.39, 0.29) is 5.91 Å². The molecule has 0 aromatic heterocycles. The first-order valence-electron chi connectivity index (χ1n) is 7.77. The van der Waals surface area contributed by atoms with Crippen LogP contribution in [0, 0.1) is 0 Å². The number of rotatable bonds is 7. The lowest BCUT2D eigenvalue weighted by molar-refractivity contribution is -0.152. The van der Waals surface area contributed by atoms with Gasteiger partial charge in [-0.3, -0.25) is 9.59 Å². The van der Waals surface area contributed by atoms with Crippen molar-refractivity contribution in [1.29, 1.82) is 0 Å². The van der Waals surface area contributed by atoms with Crippen LogP contribution in [0.3, 0.4) is 0 Å². The van der Waals surface area contributed by atoms with E-state index in [0.717, 1.165) is 12.1 Å². The number of esters is 1. The molecule has 1 fully saturated rings. The number of benzene rings is 1. The highest BCUT2D eigenvalue weighted by molar-refractivity contribution is 5.95. The number of nitrogens with one attached hydrogen (secondary N) is 1. The molecule has 1 saturated heterocycles. The van der Waals surface area contributed by atoms with E-state index in [1.165, 1.54) is 0 Å². The summed E-state index contributed by atoms with van der Waals surface area (Å²) in [4.78, 5) is 35.8. The minimum atomic E-state index is -4.53. The van der Waals surface area contributed by atoms with E-state index in [4.69, 9.17) is 4.74 Å². The quantitative estimate of drug-likeness (QED) is 0.730. The van der Waals surface area contributed by atoms with Crippen molar-refractivity contribution in [2.75, 3.05) is 31.2 Å². The van der Waals surface area contributed by atoms with Crippen LogP contribution in [0.1, 0.15) is 12.8 Å². The Morgan fingerprint density at radius 3 is 2.42 bits per heavy atom. The molecule has 10 heteroatoms. The molecular weight excluding hydrogens is 357 g/mol. The Hall–Kier alpha value is -2.78. The number of hydrogen-bond donors (Lipinski definition) is 1. The van der Waals surface area contributed by atoms with Crippen molar-refractivity contribution in [2.45, 2.75) is 19.0 Å². The Morgan fingerprint density at radius 1 is 1.15 bits per heavy atom. The summed E-state index contributed by atoms with van der Waals surface area (Å²) < 4.78 is 45.4. The van der Waals surface area contributed by atoms with Gasteiger partial charge in [-0.25, -0.2) is 4.79 Å². The van der Waals surface area contributed by atoms with E-state index in [9.17, 15) is 27.6 Å². The van der Waals surface area contributed by atoms with Crippen LogP contribution in [0.2, 0.25) is 0 Å². The third-order valence-electron chi connectivity index (χ3n) is 3.43. The van der Waals surface area contributed by atoms with Crippen LogP contribution in [0.25, 0.3) is 0 Å². The Balaban J connectivity index is 1.70. The summed E-state index contributed by atoms with van der Waals surface area (Å²) in [5.41, 5.74) is 0.726. The highest BCUT2D eigenvalue weighted by Gasteiger charge is 2.27. The fourth-order valence-corrected chi connectivity index (χ4v) is 2.22. The minimum Gasteiger partial charge on any atom is -0.482 e. The van der Waals surface area contributed by atoms with Gasteiger partial charge in [0, 0.05) is 18.7 Å². The standard InChI is InChI=1S/C16H17F3N2O5/c17-16(18,19)10-20-13(22)8-26-15(24)9-25-12-5-3-11(4-6-12)21-7-1-2-14(21)23/h3-6H,1-2,7-10H2,(H,20,22). The highest BCUT2D eigenvalue weighted by atomic mass is 19.4. The van der Waals surface area contributed by atoms with E-state index in [1.54, 1.807) is 34.5 Å². The van der Waals surface area contributed by atoms with E-state index in [0.29, 0.717) is 18.7 Å². The van der Waals surface area contributed by atoms with Crippen LogP contribution >= 0.6 is 0 Å². The minimum absolute atomic E-state index is 0.0473. The third kappa shape index (κ3) is 6.26. The zero-order chi connectivity index (χ0) is 19.2. The zero-order valence-electron chi connectivity index (χ0n) is 13.7. The van der Waals surface area contributed by atoms with Gasteiger partial charge >= 0.3 is 12.1 Å². The van der Waals surface area contributed by atoms with Gasteiger partial charge < -0.3 is 19.7 Å². The second-order valence-corrected chi connectivity index (χ2v) is 5.48. The van der Waals surface area contributed by atoms with Crippen molar-refractivity contribution < 1.29 is 37.0 Å². The van der Waals surface area contributed by atoms with Gasteiger partial charge in [0.2, 0.25) is 5.91 Å². The number of alkyl halides is 3. The number of halogens is 3. The lowest BCUT2D eigenvalue weighted by Gasteiger charge is -2.16. The van der Waals surface area contributed by atoms with Crippen molar-refractivity contribution in [3.63, 3.8) is 0 Å². The molecule has 0 aliphatic carbocycles. The van der Waals surface area contributed by atoms with Gasteiger partial charge in [-0.05, 0) is 30.7 Å². The number of hydrogen-bond acceptors (Lipinski definition) is 5. The summed E-state index contributed by atoms with van der Waals surface area (Å²) in [7, 11) is 0. The lowest BCUT2D eigenvalue weighted by Crippen LogP contribution is -2.36. The van der Waals surface area contributed by atoms with Gasteiger partial charge in [-0.15, -0.1) is 0 Å². The molecule has 7 nitrogen and oxygen atoms in total. The van der Waals surface area contributed by atoms with Crippen molar-refractivity contribution in [1.82, 2.24) is 5.32 Å². The van der Waals surface area contributed by atoms with E-state index < -0.39 is 37.8 Å². The number of nitrogens with zero attached hydrogens (tertiary/aromatic N) is 1. The Labute approximate surface area is 147 Å². The molecule has 142 valence electrons. The van der Waals surface area contributed by atoms with Gasteiger partial charge in [0.05, 0.1) is 0 Å². The average molecular weight is 374 g/mol. The normalized spacial score (nSPS) is 14.3. The summed E-state index contributed by atoms with van der Waals surface area (Å²) in [5.74, 6) is -1.56. The van der Waals surface area contributed by atoms with Crippen molar-refractivity contribution in [3.8, 4) is 5.75 Å². The summed E-state index contributed by atoms with van der Waals surface area (Å²) in [5, 5.41) is 1.57. The zero-order valence-corrected chi connectivity index (χ0v) is 13.7. The van der Waals surface area contributed by atoms with Gasteiger partial charge in [-0.1, -0.05) is 0 Å². The monoisotopic (exact) mass is 374 g/mol. The number of amides is 2. The number of carbonyl (C=O) groups excluding carboxylic acids is 3. The molecule has 1 aromatic rings. The molecule has 2 amide bonds. The Morgan fingerprint density at radius 2 is 1.85 bits per heavy atom. The number of anilines is 1. The summed E-state index contributed by atoms with van der Waals surface area (Å²) in [6.45, 7) is -2.17. The van der Waals surface area contributed by atoms with Crippen LogP contribution in [-0.2, 0) is 19.1 Å². The van der Waals surface area contributed by atoms with E-state index in [2.05, 4.69) is 4.74 Å². The molecular formula is C16H17F3N2O5. The summed E-state index contributed by atoms with van der Waals surface area (Å²) >= 11 is 0. The second kappa shape index (κ2) is 8.54. The van der Waals surface area contributed by atoms with Gasteiger partial charge in [0.1, 0.15) is 12.3 Å². The van der Waals surface area contributed by atoms with Gasteiger partial charge in [0.15, 0.2) is 13.2 Å². The molecule has 1 heterocycles. The maximum atomic E-state index is 11.9. The predicted octanol–water partition coefficient (Wildman–Crippen LogP) is 1.41. The number of ether oxygens (including phenoxy) is 2. The fourth-order valence-electron chi connectivity index (χ4n) is 2.22. The number of carbonyl (C=O) groups is 3. The van der Waals surface area contributed by atoms with Crippen LogP contribution in [0.5, 0.6) is 5.75 Å². The molecule has 0 bridgehead atoms. The molecule has 0 saturated carbocycles.